The number of nitrogens with zero attached hydrogens (tertiary/aromatic N) is 4. The minimum Gasteiger partial charge on any atom is -0.387 e. The summed E-state index contributed by atoms with van der Waals surface area (Å²) in [6.07, 6.45) is 0.0594. The van der Waals surface area contributed by atoms with Crippen LogP contribution in [-0.4, -0.2) is 25.1 Å². The van der Waals surface area contributed by atoms with Gasteiger partial charge in [-0.3, -0.25) is 0 Å². The summed E-state index contributed by atoms with van der Waals surface area (Å²) in [6, 6.07) is 13.2. The normalized spacial score (nSPS) is 11.9. The average Bonchev–Trinajstić information content (AvgIpc) is 2.94. The summed E-state index contributed by atoms with van der Waals surface area (Å²) in [5.41, 5.74) is 3.08. The summed E-state index contributed by atoms with van der Waals surface area (Å²) < 4.78 is 0. The van der Waals surface area contributed by atoms with Crippen molar-refractivity contribution < 1.29 is 5.11 Å². The molecule has 0 bridgehead atoms. The zero-order valence-corrected chi connectivity index (χ0v) is 12.3. The molecule has 2 heterocycles. The lowest BCUT2D eigenvalue weighted by molar-refractivity contribution is 0.194. The number of hydrogen-bond donors (Lipinski definition) is 1. The molecule has 3 rings (SSSR count). The van der Waals surface area contributed by atoms with Crippen molar-refractivity contribution in [3.63, 3.8) is 0 Å². The molecule has 5 nitrogen and oxygen atoms in total. The van der Waals surface area contributed by atoms with Crippen LogP contribution in [0.2, 0.25) is 0 Å². The Labute approximate surface area is 128 Å². The van der Waals surface area contributed by atoms with Gasteiger partial charge in [-0.25, -0.2) is 4.98 Å². The highest BCUT2D eigenvalue weighted by molar-refractivity contribution is 5.72. The molecule has 0 saturated carbocycles. The van der Waals surface area contributed by atoms with Gasteiger partial charge in [0, 0.05) is 6.42 Å². The first-order valence-corrected chi connectivity index (χ1v) is 7.16. The van der Waals surface area contributed by atoms with E-state index in [2.05, 4.69) is 27.0 Å². The second-order valence-electron chi connectivity index (χ2n) is 4.96. The van der Waals surface area contributed by atoms with Crippen molar-refractivity contribution in [2.24, 2.45) is 0 Å². The Balaban J connectivity index is 1.65. The van der Waals surface area contributed by atoms with Crippen molar-refractivity contribution in [2.45, 2.75) is 26.0 Å². The third-order valence-electron chi connectivity index (χ3n) is 3.18. The van der Waals surface area contributed by atoms with E-state index in [1.807, 2.05) is 36.4 Å². The van der Waals surface area contributed by atoms with Crippen molar-refractivity contribution in [2.75, 3.05) is 0 Å². The van der Waals surface area contributed by atoms with Gasteiger partial charge in [0.25, 0.3) is 0 Å². The molecule has 1 unspecified atom stereocenters. The van der Waals surface area contributed by atoms with Crippen molar-refractivity contribution in [1.29, 1.82) is 0 Å². The Bertz CT molecular complexity index is 809. The number of fused-ring (bicyclic) bond motifs is 1. The summed E-state index contributed by atoms with van der Waals surface area (Å²) in [6.45, 7) is 2.32. The van der Waals surface area contributed by atoms with Crippen molar-refractivity contribution in [3.05, 3.63) is 53.9 Å². The number of rotatable bonds is 3. The van der Waals surface area contributed by atoms with Crippen LogP contribution in [-0.2, 0) is 6.54 Å². The second kappa shape index (κ2) is 6.37. The molecule has 0 amide bonds. The van der Waals surface area contributed by atoms with E-state index in [0.29, 0.717) is 24.4 Å². The van der Waals surface area contributed by atoms with E-state index in [4.69, 9.17) is 0 Å². The molecule has 110 valence electrons. The van der Waals surface area contributed by atoms with E-state index in [0.717, 1.165) is 11.0 Å². The molecule has 0 aliphatic carbocycles. The van der Waals surface area contributed by atoms with Gasteiger partial charge in [0.2, 0.25) is 0 Å². The Morgan fingerprint density at radius 3 is 2.50 bits per heavy atom. The van der Waals surface area contributed by atoms with Crippen LogP contribution in [0.25, 0.3) is 11.0 Å². The van der Waals surface area contributed by atoms with Crippen LogP contribution in [0.1, 0.15) is 30.8 Å². The van der Waals surface area contributed by atoms with Gasteiger partial charge >= 0.3 is 0 Å². The van der Waals surface area contributed by atoms with Crippen LogP contribution in [0.4, 0.5) is 0 Å². The van der Waals surface area contributed by atoms with Gasteiger partial charge in [-0.05, 0) is 37.1 Å². The molecule has 2 aromatic heterocycles. The lowest BCUT2D eigenvalue weighted by Gasteiger charge is -2.02. The molecule has 0 saturated heterocycles. The minimum atomic E-state index is -0.581. The molecule has 0 aliphatic rings. The molecule has 0 radical (unpaired) electrons. The number of aliphatic hydroxyl groups excluding tert-OH is 1. The van der Waals surface area contributed by atoms with Gasteiger partial charge in [0.05, 0.1) is 18.3 Å². The Morgan fingerprint density at radius 2 is 1.82 bits per heavy atom. The Hall–Kier alpha value is -2.71. The minimum absolute atomic E-state index is 0.581. The predicted molar refractivity (Wildman–Crippen MR) is 83.9 cm³/mol. The third kappa shape index (κ3) is 3.30. The maximum absolute atomic E-state index is 9.51. The summed E-state index contributed by atoms with van der Waals surface area (Å²) in [4.78, 5) is 5.96. The number of pyridine rings is 1. The van der Waals surface area contributed by atoms with Gasteiger partial charge in [-0.2, -0.15) is 15.0 Å². The summed E-state index contributed by atoms with van der Waals surface area (Å²) >= 11 is 0. The van der Waals surface area contributed by atoms with E-state index in [-0.39, 0.29) is 0 Å². The van der Waals surface area contributed by atoms with Gasteiger partial charge in [-0.1, -0.05) is 24.1 Å². The monoisotopic (exact) mass is 292 g/mol. The predicted octanol–water partition coefficient (Wildman–Crippen LogP) is 2.32. The highest BCUT2D eigenvalue weighted by Gasteiger charge is 2.02. The molecular formula is C17H16N4O. The van der Waals surface area contributed by atoms with Crippen LogP contribution in [0.15, 0.2) is 42.5 Å². The van der Waals surface area contributed by atoms with E-state index in [9.17, 15) is 5.11 Å². The van der Waals surface area contributed by atoms with E-state index in [1.165, 1.54) is 0 Å². The first kappa shape index (κ1) is 14.2. The van der Waals surface area contributed by atoms with Crippen LogP contribution < -0.4 is 0 Å². The first-order valence-electron chi connectivity index (χ1n) is 7.16. The maximum atomic E-state index is 9.51. The fourth-order valence-electron chi connectivity index (χ4n) is 2.07. The summed E-state index contributed by atoms with van der Waals surface area (Å²) in [5, 5.41) is 18.3. The number of hydrogen-bond acceptors (Lipinski definition) is 4. The van der Waals surface area contributed by atoms with Gasteiger partial charge in [0.15, 0.2) is 0 Å². The standard InChI is InChI=1S/C17H16N4O/c1-13(22)15-11-6-8-14(18-15)7-4-5-12-21-19-16-9-2-3-10-17(16)20-21/h2-3,6,8-11,13,22H,5,12H2,1H3. The molecule has 1 atom stereocenters. The van der Waals surface area contributed by atoms with Gasteiger partial charge in [0.1, 0.15) is 16.7 Å². The van der Waals surface area contributed by atoms with Crippen LogP contribution in [0.3, 0.4) is 0 Å². The van der Waals surface area contributed by atoms with Crippen molar-refractivity contribution in [3.8, 4) is 11.8 Å². The number of aryl methyl sites for hydroxylation is 1. The molecule has 1 aromatic carbocycles. The number of benzene rings is 1. The van der Waals surface area contributed by atoms with Crippen molar-refractivity contribution >= 4 is 11.0 Å². The smallest absolute Gasteiger partial charge is 0.113 e. The maximum Gasteiger partial charge on any atom is 0.113 e. The van der Waals surface area contributed by atoms with Gasteiger partial charge < -0.3 is 5.11 Å². The molecule has 0 fully saturated rings. The zero-order valence-electron chi connectivity index (χ0n) is 12.3. The lowest BCUT2D eigenvalue weighted by atomic mass is 10.2. The number of aromatic nitrogens is 4. The highest BCUT2D eigenvalue weighted by atomic mass is 16.3. The molecule has 0 aliphatic heterocycles. The third-order valence-corrected chi connectivity index (χ3v) is 3.18. The summed E-state index contributed by atoms with van der Waals surface area (Å²) in [5.74, 6) is 6.07. The lowest BCUT2D eigenvalue weighted by Crippen LogP contribution is -2.01. The summed E-state index contributed by atoms with van der Waals surface area (Å²) in [7, 11) is 0. The van der Waals surface area contributed by atoms with E-state index < -0.39 is 6.10 Å². The molecule has 5 heteroatoms. The van der Waals surface area contributed by atoms with E-state index in [1.54, 1.807) is 17.8 Å². The molecule has 3 aromatic rings. The topological polar surface area (TPSA) is 63.8 Å². The molecular weight excluding hydrogens is 276 g/mol. The highest BCUT2D eigenvalue weighted by Crippen LogP contribution is 2.09. The fourth-order valence-corrected chi connectivity index (χ4v) is 2.07. The molecule has 0 spiro atoms. The largest absolute Gasteiger partial charge is 0.387 e. The molecule has 1 N–H and O–H groups in total. The zero-order chi connectivity index (χ0) is 15.4. The van der Waals surface area contributed by atoms with Crippen LogP contribution >= 0.6 is 0 Å². The van der Waals surface area contributed by atoms with Gasteiger partial charge in [-0.15, -0.1) is 0 Å². The fraction of sp³-hybridized carbons (Fsp3) is 0.235. The van der Waals surface area contributed by atoms with Crippen molar-refractivity contribution in [1.82, 2.24) is 20.0 Å². The quantitative estimate of drug-likeness (QED) is 0.752. The first-order chi connectivity index (χ1) is 10.7. The molecule has 22 heavy (non-hydrogen) atoms. The Kier molecular flexibility index (Phi) is 4.12. The van der Waals surface area contributed by atoms with Crippen LogP contribution in [0, 0.1) is 11.8 Å². The Morgan fingerprint density at radius 1 is 1.09 bits per heavy atom. The van der Waals surface area contributed by atoms with Crippen LogP contribution in [0.5, 0.6) is 0 Å². The number of aliphatic hydroxyl groups is 1. The SMILES string of the molecule is CC(O)c1cccc(C#CCCn2nc3ccccc3n2)n1. The second-order valence-corrected chi connectivity index (χ2v) is 4.96. The average molecular weight is 292 g/mol. The van der Waals surface area contributed by atoms with E-state index >= 15 is 0 Å².